The third-order valence-electron chi connectivity index (χ3n) is 11.4. The fraction of sp³-hybridized carbons (Fsp3) is 0.0588. The van der Waals surface area contributed by atoms with Crippen LogP contribution in [0, 0.1) is 25.5 Å². The summed E-state index contributed by atoms with van der Waals surface area (Å²) < 4.78 is 84.2. The molecule has 0 fully saturated rings. The first-order valence-electron chi connectivity index (χ1n) is 19.0. The molecule has 282 valence electrons. The van der Waals surface area contributed by atoms with Crippen LogP contribution in [0.4, 0.5) is 22.0 Å². The molecule has 58 heavy (non-hydrogen) atoms. The van der Waals surface area contributed by atoms with Gasteiger partial charge in [0, 0.05) is 21.5 Å². The summed E-state index contributed by atoms with van der Waals surface area (Å²) >= 11 is 0. The second kappa shape index (κ2) is 13.3. The van der Waals surface area contributed by atoms with Crippen LogP contribution in [0.5, 0.6) is 0 Å². The fourth-order valence-corrected chi connectivity index (χ4v) is 8.76. The number of halogens is 5. The highest BCUT2D eigenvalue weighted by Gasteiger charge is 2.40. The summed E-state index contributed by atoms with van der Waals surface area (Å²) in [5.41, 5.74) is 5.74. The topological polar surface area (TPSA) is 9.86 Å². The van der Waals surface area contributed by atoms with Crippen molar-refractivity contribution >= 4 is 43.6 Å². The van der Waals surface area contributed by atoms with E-state index < -0.39 is 28.9 Å². The molecule has 0 atom stereocenters. The quantitative estimate of drug-likeness (QED) is 0.154. The molecular formula is C51H33F5N2. The smallest absolute Gasteiger partial charge is 0.309 e. The molecule has 10 aromatic rings. The molecule has 2 heterocycles. The second-order valence-electron chi connectivity index (χ2n) is 14.8. The van der Waals surface area contributed by atoms with Gasteiger partial charge >= 0.3 is 6.18 Å². The van der Waals surface area contributed by atoms with E-state index in [-0.39, 0.29) is 16.9 Å². The molecule has 0 saturated heterocycles. The number of alkyl halides is 3. The molecule has 0 bridgehead atoms. The van der Waals surface area contributed by atoms with E-state index in [1.807, 2.05) is 123 Å². The maximum atomic E-state index is 16.4. The fourth-order valence-electron chi connectivity index (χ4n) is 8.76. The van der Waals surface area contributed by atoms with Crippen molar-refractivity contribution in [3.8, 4) is 44.8 Å². The highest BCUT2D eigenvalue weighted by molar-refractivity contribution is 6.12. The van der Waals surface area contributed by atoms with Gasteiger partial charge in [0.25, 0.3) is 0 Å². The standard InChI is InChI=1S/C51H33F5N2/c1-30-12-3-5-14-35(30)32-22-24-39-37-16-7-9-20-43(37)57(45(39)26-32)47-28-34(49-41(52)18-11-19-42(49)53)29-48(50(47)51(54,55)56)58-44-21-10-8-17-38(44)40-25-23-33(27-46(40)58)36-15-6-4-13-31(36)2/h3-29H,1-2H3. The van der Waals surface area contributed by atoms with Crippen molar-refractivity contribution in [1.29, 1.82) is 0 Å². The molecular weight excluding hydrogens is 736 g/mol. The van der Waals surface area contributed by atoms with Crippen LogP contribution in [0.1, 0.15) is 16.7 Å². The molecule has 2 nitrogen and oxygen atoms in total. The first-order valence-corrected chi connectivity index (χ1v) is 19.0. The molecule has 0 aliphatic heterocycles. The molecule has 7 heteroatoms. The van der Waals surface area contributed by atoms with E-state index in [9.17, 15) is 0 Å². The Kier molecular flexibility index (Phi) is 8.13. The zero-order valence-corrected chi connectivity index (χ0v) is 31.4. The van der Waals surface area contributed by atoms with E-state index in [1.165, 1.54) is 18.2 Å². The van der Waals surface area contributed by atoms with Crippen LogP contribution in [0.15, 0.2) is 164 Å². The van der Waals surface area contributed by atoms with E-state index in [0.717, 1.165) is 67.1 Å². The minimum absolute atomic E-state index is 0.0319. The predicted molar refractivity (Wildman–Crippen MR) is 226 cm³/mol. The molecule has 10 rings (SSSR count). The van der Waals surface area contributed by atoms with Crippen molar-refractivity contribution in [2.75, 3.05) is 0 Å². The Morgan fingerprint density at radius 2 is 0.810 bits per heavy atom. The summed E-state index contributed by atoms with van der Waals surface area (Å²) in [7, 11) is 0. The zero-order valence-electron chi connectivity index (χ0n) is 31.4. The van der Waals surface area contributed by atoms with E-state index in [1.54, 1.807) is 33.4 Å². The molecule has 0 aliphatic rings. The molecule has 0 unspecified atom stereocenters. The number of para-hydroxylation sites is 2. The lowest BCUT2D eigenvalue weighted by molar-refractivity contribution is -0.137. The van der Waals surface area contributed by atoms with Gasteiger partial charge in [-0.3, -0.25) is 0 Å². The number of nitrogens with zero attached hydrogens (tertiary/aromatic N) is 2. The molecule has 0 aliphatic carbocycles. The van der Waals surface area contributed by atoms with Gasteiger partial charge in [-0.05, 0) is 101 Å². The maximum Gasteiger partial charge on any atom is 0.420 e. The van der Waals surface area contributed by atoms with E-state index in [2.05, 4.69) is 0 Å². The molecule has 0 radical (unpaired) electrons. The minimum atomic E-state index is -4.94. The van der Waals surface area contributed by atoms with Crippen molar-refractivity contribution in [3.05, 3.63) is 192 Å². The molecule has 0 spiro atoms. The van der Waals surface area contributed by atoms with Crippen LogP contribution in [0.25, 0.3) is 88.4 Å². The van der Waals surface area contributed by atoms with Gasteiger partial charge < -0.3 is 9.13 Å². The first kappa shape index (κ1) is 35.4. The number of aromatic nitrogens is 2. The number of rotatable bonds is 5. The van der Waals surface area contributed by atoms with Crippen molar-refractivity contribution < 1.29 is 22.0 Å². The Labute approximate surface area is 330 Å². The van der Waals surface area contributed by atoms with Crippen LogP contribution < -0.4 is 0 Å². The van der Waals surface area contributed by atoms with Crippen LogP contribution in [-0.4, -0.2) is 9.13 Å². The molecule has 0 saturated carbocycles. The number of benzene rings is 8. The Morgan fingerprint density at radius 1 is 0.397 bits per heavy atom. The van der Waals surface area contributed by atoms with Crippen LogP contribution in [0.2, 0.25) is 0 Å². The second-order valence-corrected chi connectivity index (χ2v) is 14.8. The normalized spacial score (nSPS) is 12.1. The van der Waals surface area contributed by atoms with Gasteiger partial charge in [0.15, 0.2) is 0 Å². The average molecular weight is 769 g/mol. The lowest BCUT2D eigenvalue weighted by atomic mass is 9.97. The van der Waals surface area contributed by atoms with Gasteiger partial charge in [-0.2, -0.15) is 13.2 Å². The van der Waals surface area contributed by atoms with E-state index >= 15 is 22.0 Å². The van der Waals surface area contributed by atoms with Gasteiger partial charge in [-0.25, -0.2) is 8.78 Å². The molecule has 8 aromatic carbocycles. The summed E-state index contributed by atoms with van der Waals surface area (Å²) in [4.78, 5) is 0. The molecule has 2 aromatic heterocycles. The summed E-state index contributed by atoms with van der Waals surface area (Å²) in [6.07, 6.45) is -4.94. The van der Waals surface area contributed by atoms with Gasteiger partial charge in [0.05, 0.1) is 39.0 Å². The third-order valence-corrected chi connectivity index (χ3v) is 11.4. The highest BCUT2D eigenvalue weighted by atomic mass is 19.4. The average Bonchev–Trinajstić information content (AvgIpc) is 3.72. The lowest BCUT2D eigenvalue weighted by Gasteiger charge is -2.23. The minimum Gasteiger partial charge on any atom is -0.309 e. The number of hydrogen-bond donors (Lipinski definition) is 0. The van der Waals surface area contributed by atoms with E-state index in [4.69, 9.17) is 0 Å². The van der Waals surface area contributed by atoms with Crippen molar-refractivity contribution in [1.82, 2.24) is 9.13 Å². The monoisotopic (exact) mass is 768 g/mol. The highest BCUT2D eigenvalue weighted by Crippen LogP contribution is 2.47. The summed E-state index contributed by atoms with van der Waals surface area (Å²) in [5, 5.41) is 2.96. The Morgan fingerprint density at radius 3 is 1.26 bits per heavy atom. The zero-order chi connectivity index (χ0) is 39.9. The van der Waals surface area contributed by atoms with Gasteiger partial charge in [0.2, 0.25) is 0 Å². The van der Waals surface area contributed by atoms with Gasteiger partial charge in [-0.1, -0.05) is 115 Å². The summed E-state index contributed by atoms with van der Waals surface area (Å²) in [6.45, 7) is 3.98. The van der Waals surface area contributed by atoms with Crippen LogP contribution in [0.3, 0.4) is 0 Å². The van der Waals surface area contributed by atoms with Crippen LogP contribution >= 0.6 is 0 Å². The van der Waals surface area contributed by atoms with E-state index in [0.29, 0.717) is 22.1 Å². The molecule has 0 amide bonds. The number of hydrogen-bond acceptors (Lipinski definition) is 0. The third kappa shape index (κ3) is 5.52. The summed E-state index contributed by atoms with van der Waals surface area (Å²) in [6, 6.07) is 48.0. The predicted octanol–water partition coefficient (Wildman–Crippen LogP) is 14.8. The van der Waals surface area contributed by atoms with Crippen molar-refractivity contribution in [2.45, 2.75) is 20.0 Å². The van der Waals surface area contributed by atoms with Crippen molar-refractivity contribution in [2.24, 2.45) is 0 Å². The SMILES string of the molecule is Cc1ccccc1-c1ccc2c3ccccc3n(-c3cc(-c4c(F)cccc4F)cc(-n4c5ccccc5c5ccc(-c6ccccc6C)cc54)c3C(F)(F)F)c2c1. The molecule has 0 N–H and O–H groups in total. The summed E-state index contributed by atoms with van der Waals surface area (Å²) in [5.74, 6) is -1.77. The van der Waals surface area contributed by atoms with Gasteiger partial charge in [0.1, 0.15) is 17.2 Å². The Bertz CT molecular complexity index is 3070. The van der Waals surface area contributed by atoms with Crippen molar-refractivity contribution in [3.63, 3.8) is 0 Å². The maximum absolute atomic E-state index is 16.4. The Hall–Kier alpha value is -6.99. The van der Waals surface area contributed by atoms with Crippen LogP contribution in [-0.2, 0) is 6.18 Å². The Balaban J connectivity index is 1.40. The van der Waals surface area contributed by atoms with Gasteiger partial charge in [-0.15, -0.1) is 0 Å². The first-order chi connectivity index (χ1) is 28.1. The number of aryl methyl sites for hydroxylation is 2. The number of fused-ring (bicyclic) bond motifs is 6. The lowest BCUT2D eigenvalue weighted by Crippen LogP contribution is -2.16. The largest absolute Gasteiger partial charge is 0.420 e.